The molecule has 132 valence electrons. The van der Waals surface area contributed by atoms with Gasteiger partial charge in [-0.05, 0) is 46.9 Å². The van der Waals surface area contributed by atoms with E-state index in [4.69, 9.17) is 0 Å². The highest BCUT2D eigenvalue weighted by Gasteiger charge is 2.14. The molecule has 0 atom stereocenters. The molecule has 0 radical (unpaired) electrons. The third kappa shape index (κ3) is 4.14. The van der Waals surface area contributed by atoms with Gasteiger partial charge in [0.25, 0.3) is 5.91 Å². The highest BCUT2D eigenvalue weighted by Crippen LogP contribution is 2.22. The first-order valence-corrected chi connectivity index (χ1v) is 8.68. The number of benzene rings is 1. The monoisotopic (exact) mass is 345 g/mol. The van der Waals surface area contributed by atoms with E-state index < -0.39 is 0 Å². The molecule has 0 aliphatic heterocycles. The van der Waals surface area contributed by atoms with Gasteiger partial charge in [-0.2, -0.15) is 0 Å². The van der Waals surface area contributed by atoms with Crippen LogP contribution in [0.2, 0.25) is 0 Å². The summed E-state index contributed by atoms with van der Waals surface area (Å²) in [6, 6.07) is 15.5. The molecule has 1 N–H and O–H groups in total. The van der Waals surface area contributed by atoms with Crippen LogP contribution in [0.5, 0.6) is 0 Å². The van der Waals surface area contributed by atoms with Crippen LogP contribution in [0.3, 0.4) is 0 Å². The largest absolute Gasteiger partial charge is 0.348 e. The first kappa shape index (κ1) is 17.8. The third-order valence-corrected chi connectivity index (χ3v) is 4.28. The summed E-state index contributed by atoms with van der Waals surface area (Å²) in [4.78, 5) is 21.1. The smallest absolute Gasteiger partial charge is 0.251 e. The number of nitrogens with zero attached hydrogens (tertiary/aromatic N) is 2. The zero-order valence-corrected chi connectivity index (χ0v) is 15.4. The van der Waals surface area contributed by atoms with Crippen LogP contribution in [0.15, 0.2) is 67.1 Å². The molecule has 4 nitrogen and oxygen atoms in total. The van der Waals surface area contributed by atoms with Crippen LogP contribution in [0.25, 0.3) is 11.3 Å². The molecule has 0 saturated carbocycles. The average Bonchev–Trinajstić information content (AvgIpc) is 2.66. The Bertz CT molecular complexity index is 881. The lowest BCUT2D eigenvalue weighted by Gasteiger charge is -2.19. The molecule has 1 amide bonds. The Balaban J connectivity index is 1.73. The van der Waals surface area contributed by atoms with Gasteiger partial charge >= 0.3 is 0 Å². The van der Waals surface area contributed by atoms with E-state index in [2.05, 4.69) is 36.1 Å². The molecule has 0 saturated heterocycles. The summed E-state index contributed by atoms with van der Waals surface area (Å²) in [7, 11) is 0. The fourth-order valence-electron chi connectivity index (χ4n) is 2.74. The number of carbonyl (C=O) groups excluding carboxylic acids is 1. The molecule has 2 heterocycles. The molecule has 26 heavy (non-hydrogen) atoms. The highest BCUT2D eigenvalue weighted by molar-refractivity contribution is 5.94. The van der Waals surface area contributed by atoms with E-state index in [-0.39, 0.29) is 11.3 Å². The molecular weight excluding hydrogens is 322 g/mol. The SMILES string of the molecule is CC(C)(C)c1ccc(C(=O)NCc2cccnc2-c2cccnc2)cc1. The highest BCUT2D eigenvalue weighted by atomic mass is 16.1. The second kappa shape index (κ2) is 7.48. The zero-order chi connectivity index (χ0) is 18.6. The summed E-state index contributed by atoms with van der Waals surface area (Å²) in [5, 5.41) is 2.98. The number of carbonyl (C=O) groups is 1. The lowest BCUT2D eigenvalue weighted by molar-refractivity contribution is 0.0951. The Kier molecular flexibility index (Phi) is 5.12. The summed E-state index contributed by atoms with van der Waals surface area (Å²) in [5.41, 5.74) is 4.67. The summed E-state index contributed by atoms with van der Waals surface area (Å²) >= 11 is 0. The number of aromatic nitrogens is 2. The Labute approximate surface area is 154 Å². The molecule has 0 aliphatic rings. The maximum absolute atomic E-state index is 12.5. The third-order valence-electron chi connectivity index (χ3n) is 4.28. The number of pyridine rings is 2. The first-order chi connectivity index (χ1) is 12.4. The first-order valence-electron chi connectivity index (χ1n) is 8.68. The van der Waals surface area contributed by atoms with Gasteiger partial charge in [-0.1, -0.05) is 39.0 Å². The molecule has 0 bridgehead atoms. The van der Waals surface area contributed by atoms with Crippen molar-refractivity contribution in [1.82, 2.24) is 15.3 Å². The lowest BCUT2D eigenvalue weighted by Crippen LogP contribution is -2.23. The van der Waals surface area contributed by atoms with Crippen molar-refractivity contribution in [1.29, 1.82) is 0 Å². The number of nitrogens with one attached hydrogen (secondary N) is 1. The zero-order valence-electron chi connectivity index (χ0n) is 15.4. The van der Waals surface area contributed by atoms with E-state index in [0.717, 1.165) is 16.8 Å². The van der Waals surface area contributed by atoms with Crippen LogP contribution in [0.4, 0.5) is 0 Å². The maximum Gasteiger partial charge on any atom is 0.251 e. The number of hydrogen-bond acceptors (Lipinski definition) is 3. The Morgan fingerprint density at radius 2 is 1.73 bits per heavy atom. The minimum Gasteiger partial charge on any atom is -0.348 e. The van der Waals surface area contributed by atoms with Crippen LogP contribution >= 0.6 is 0 Å². The van der Waals surface area contributed by atoms with Crippen LogP contribution in [-0.2, 0) is 12.0 Å². The fourth-order valence-corrected chi connectivity index (χ4v) is 2.74. The van der Waals surface area contributed by atoms with E-state index in [1.807, 2.05) is 48.5 Å². The van der Waals surface area contributed by atoms with Gasteiger partial charge in [0.2, 0.25) is 0 Å². The van der Waals surface area contributed by atoms with Crippen LogP contribution in [0, 0.1) is 0 Å². The molecule has 1 aromatic carbocycles. The van der Waals surface area contributed by atoms with E-state index in [0.29, 0.717) is 12.1 Å². The standard InChI is InChI=1S/C22H23N3O/c1-22(2,3)19-10-8-16(9-11-19)21(26)25-15-18-7-5-13-24-20(18)17-6-4-12-23-14-17/h4-14H,15H2,1-3H3,(H,25,26). The Hall–Kier alpha value is -3.01. The second-order valence-corrected chi connectivity index (χ2v) is 7.26. The minimum atomic E-state index is -0.0913. The molecule has 0 unspecified atom stereocenters. The van der Waals surface area contributed by atoms with E-state index >= 15 is 0 Å². The van der Waals surface area contributed by atoms with Crippen LogP contribution in [-0.4, -0.2) is 15.9 Å². The summed E-state index contributed by atoms with van der Waals surface area (Å²) in [5.74, 6) is -0.0913. The van der Waals surface area contributed by atoms with Gasteiger partial charge in [-0.3, -0.25) is 14.8 Å². The van der Waals surface area contributed by atoms with Crippen LogP contribution < -0.4 is 5.32 Å². The van der Waals surface area contributed by atoms with Crippen molar-refractivity contribution in [2.75, 3.05) is 0 Å². The molecule has 0 spiro atoms. The summed E-state index contributed by atoms with van der Waals surface area (Å²) in [6.45, 7) is 6.89. The molecule has 0 fully saturated rings. The van der Waals surface area contributed by atoms with E-state index in [9.17, 15) is 4.79 Å². The molecule has 2 aromatic heterocycles. The van der Waals surface area contributed by atoms with Gasteiger partial charge in [0.1, 0.15) is 0 Å². The minimum absolute atomic E-state index is 0.0728. The lowest BCUT2D eigenvalue weighted by atomic mass is 9.87. The second-order valence-electron chi connectivity index (χ2n) is 7.26. The van der Waals surface area contributed by atoms with Crippen molar-refractivity contribution < 1.29 is 4.79 Å². The quantitative estimate of drug-likeness (QED) is 0.764. The fraction of sp³-hybridized carbons (Fsp3) is 0.227. The number of amides is 1. The summed E-state index contributed by atoms with van der Waals surface area (Å²) in [6.07, 6.45) is 5.26. The van der Waals surface area contributed by atoms with Crippen molar-refractivity contribution in [2.45, 2.75) is 32.7 Å². The van der Waals surface area contributed by atoms with Gasteiger partial charge < -0.3 is 5.32 Å². The Morgan fingerprint density at radius 1 is 1.00 bits per heavy atom. The number of hydrogen-bond donors (Lipinski definition) is 1. The molecule has 3 rings (SSSR count). The molecular formula is C22H23N3O. The van der Waals surface area contributed by atoms with Crippen LogP contribution in [0.1, 0.15) is 42.3 Å². The van der Waals surface area contributed by atoms with Crippen molar-refractivity contribution in [3.05, 3.63) is 83.8 Å². The van der Waals surface area contributed by atoms with Crippen molar-refractivity contribution in [3.63, 3.8) is 0 Å². The van der Waals surface area contributed by atoms with Gasteiger partial charge in [-0.15, -0.1) is 0 Å². The van der Waals surface area contributed by atoms with Gasteiger partial charge in [-0.25, -0.2) is 0 Å². The maximum atomic E-state index is 12.5. The normalized spacial score (nSPS) is 11.2. The predicted octanol–water partition coefficient (Wildman–Crippen LogP) is 4.37. The van der Waals surface area contributed by atoms with E-state index in [1.54, 1.807) is 18.6 Å². The summed E-state index contributed by atoms with van der Waals surface area (Å²) < 4.78 is 0. The van der Waals surface area contributed by atoms with Gasteiger partial charge in [0.15, 0.2) is 0 Å². The Morgan fingerprint density at radius 3 is 2.38 bits per heavy atom. The molecule has 4 heteroatoms. The van der Waals surface area contributed by atoms with Crippen molar-refractivity contribution in [3.8, 4) is 11.3 Å². The molecule has 3 aromatic rings. The molecule has 0 aliphatic carbocycles. The van der Waals surface area contributed by atoms with E-state index in [1.165, 1.54) is 5.56 Å². The van der Waals surface area contributed by atoms with Crippen molar-refractivity contribution in [2.24, 2.45) is 0 Å². The van der Waals surface area contributed by atoms with Crippen molar-refractivity contribution >= 4 is 5.91 Å². The van der Waals surface area contributed by atoms with Gasteiger partial charge in [0.05, 0.1) is 5.69 Å². The predicted molar refractivity (Wildman–Crippen MR) is 104 cm³/mol. The topological polar surface area (TPSA) is 54.9 Å². The van der Waals surface area contributed by atoms with Gasteiger partial charge in [0, 0.05) is 36.3 Å². The average molecular weight is 345 g/mol. The number of rotatable bonds is 4.